The molecule has 13 nitrogen and oxygen atoms in total. The number of anilines is 2. The van der Waals surface area contributed by atoms with Crippen LogP contribution in [0.25, 0.3) is 0 Å². The van der Waals surface area contributed by atoms with Crippen molar-refractivity contribution in [3.8, 4) is 0 Å². The van der Waals surface area contributed by atoms with Crippen LogP contribution < -0.4 is 10.7 Å². The summed E-state index contributed by atoms with van der Waals surface area (Å²) in [5.74, 6) is -0.964. The highest BCUT2D eigenvalue weighted by Gasteiger charge is 2.29. The van der Waals surface area contributed by atoms with Crippen LogP contribution in [0, 0.1) is 17.0 Å². The number of hydrazone groups is 1. The number of hydrogen-bond acceptors (Lipinski definition) is 11. The van der Waals surface area contributed by atoms with E-state index in [-0.39, 0.29) is 55.0 Å². The number of rotatable bonds is 9. The normalized spacial score (nSPS) is 14.8. The molecular formula is C22H27N5O8S2. The molecule has 2 N–H and O–H groups in total. The fourth-order valence-corrected chi connectivity index (χ4v) is 6.22. The van der Waals surface area contributed by atoms with E-state index in [0.29, 0.717) is 21.2 Å². The number of esters is 1. The summed E-state index contributed by atoms with van der Waals surface area (Å²) in [6, 6.07) is 3.54. The molecule has 1 saturated heterocycles. The number of sulfonamides is 1. The van der Waals surface area contributed by atoms with Crippen molar-refractivity contribution in [2.45, 2.75) is 32.6 Å². The number of nitrogens with zero attached hydrogens (tertiary/aromatic N) is 3. The molecule has 0 bridgehead atoms. The molecule has 1 amide bonds. The quantitative estimate of drug-likeness (QED) is 0.205. The van der Waals surface area contributed by atoms with Crippen LogP contribution >= 0.6 is 11.3 Å². The van der Waals surface area contributed by atoms with Gasteiger partial charge in [0, 0.05) is 26.1 Å². The van der Waals surface area contributed by atoms with E-state index in [1.807, 2.05) is 0 Å². The van der Waals surface area contributed by atoms with Crippen LogP contribution in [0.1, 0.15) is 41.6 Å². The van der Waals surface area contributed by atoms with Crippen molar-refractivity contribution in [1.29, 1.82) is 0 Å². The summed E-state index contributed by atoms with van der Waals surface area (Å²) in [4.78, 5) is 35.5. The summed E-state index contributed by atoms with van der Waals surface area (Å²) in [7, 11) is -3.93. The van der Waals surface area contributed by atoms with Crippen LogP contribution in [0.15, 0.2) is 28.2 Å². The highest BCUT2D eigenvalue weighted by atomic mass is 32.2. The van der Waals surface area contributed by atoms with Gasteiger partial charge < -0.3 is 14.8 Å². The molecule has 15 heteroatoms. The third kappa shape index (κ3) is 6.30. The molecule has 0 spiro atoms. The van der Waals surface area contributed by atoms with Gasteiger partial charge in [0.2, 0.25) is 15.9 Å². The first kappa shape index (κ1) is 28.2. The maximum absolute atomic E-state index is 12.9. The number of nitro benzene ring substituents is 1. The molecule has 1 aromatic heterocycles. The first-order valence-electron chi connectivity index (χ1n) is 11.2. The van der Waals surface area contributed by atoms with Gasteiger partial charge in [0.15, 0.2) is 0 Å². The third-order valence-electron chi connectivity index (χ3n) is 5.36. The second-order valence-electron chi connectivity index (χ2n) is 7.92. The van der Waals surface area contributed by atoms with Gasteiger partial charge in [-0.05, 0) is 38.5 Å². The molecule has 0 atom stereocenters. The monoisotopic (exact) mass is 553 g/mol. The number of thiophene rings is 1. The fraction of sp³-hybridized carbons (Fsp3) is 0.409. The second kappa shape index (κ2) is 11.8. The molecule has 2 aromatic rings. The van der Waals surface area contributed by atoms with Crippen LogP contribution in [0.2, 0.25) is 0 Å². The Balaban J connectivity index is 1.93. The second-order valence-corrected chi connectivity index (χ2v) is 10.9. The maximum Gasteiger partial charge on any atom is 0.341 e. The van der Waals surface area contributed by atoms with Gasteiger partial charge in [0.05, 0.1) is 45.8 Å². The fourth-order valence-electron chi connectivity index (χ4n) is 3.60. The van der Waals surface area contributed by atoms with E-state index in [1.165, 1.54) is 23.4 Å². The lowest BCUT2D eigenvalue weighted by Crippen LogP contribution is -2.40. The standard InChI is InChI=1S/C22H27N5O8S2/c1-5-35-22(29)19-13(2)20(36-21(19)23-15(4)28)14(3)24-25-17-7-6-16(12-18(17)27(30)31)37(32,33)26-8-10-34-11-9-26/h6-7,12,25H,5,8-11H2,1-4H3,(H,23,28)/b24-14+. The van der Waals surface area contributed by atoms with Crippen LogP contribution in [-0.4, -0.2) is 68.1 Å². The molecule has 3 rings (SSSR count). The predicted molar refractivity (Wildman–Crippen MR) is 138 cm³/mol. The van der Waals surface area contributed by atoms with Crippen LogP contribution in [0.5, 0.6) is 0 Å². The molecule has 2 heterocycles. The Kier molecular flexibility index (Phi) is 8.96. The number of carbonyl (C=O) groups is 2. The molecule has 200 valence electrons. The summed E-state index contributed by atoms with van der Waals surface area (Å²) in [5, 5.41) is 18.9. The van der Waals surface area contributed by atoms with Crippen LogP contribution in [-0.2, 0) is 24.3 Å². The van der Waals surface area contributed by atoms with E-state index >= 15 is 0 Å². The summed E-state index contributed by atoms with van der Waals surface area (Å²) in [6.45, 7) is 7.25. The number of amides is 1. The average molecular weight is 554 g/mol. The van der Waals surface area contributed by atoms with E-state index in [9.17, 15) is 28.1 Å². The molecule has 0 aliphatic carbocycles. The summed E-state index contributed by atoms with van der Waals surface area (Å²) in [5.41, 5.74) is 3.24. The Morgan fingerprint density at radius 1 is 1.27 bits per heavy atom. The number of benzene rings is 1. The molecule has 1 aromatic carbocycles. The number of ether oxygens (including phenoxy) is 2. The van der Waals surface area contributed by atoms with Gasteiger partial charge in [0.1, 0.15) is 10.7 Å². The Hall–Kier alpha value is -3.40. The Labute approximate surface area is 217 Å². The first-order chi connectivity index (χ1) is 17.5. The lowest BCUT2D eigenvalue weighted by atomic mass is 10.1. The SMILES string of the molecule is CCOC(=O)c1c(NC(C)=O)sc(/C(C)=N/Nc2ccc(S(=O)(=O)N3CCOCC3)cc2[N+](=O)[O-])c1C. The van der Waals surface area contributed by atoms with E-state index in [1.54, 1.807) is 20.8 Å². The molecular weight excluding hydrogens is 526 g/mol. The minimum atomic E-state index is -3.93. The van der Waals surface area contributed by atoms with Gasteiger partial charge in [-0.1, -0.05) is 0 Å². The van der Waals surface area contributed by atoms with Crippen molar-refractivity contribution < 1.29 is 32.4 Å². The minimum absolute atomic E-state index is 0.0211. The summed E-state index contributed by atoms with van der Waals surface area (Å²) in [6.07, 6.45) is 0. The molecule has 1 fully saturated rings. The van der Waals surface area contributed by atoms with E-state index in [4.69, 9.17) is 9.47 Å². The number of nitrogens with one attached hydrogen (secondary N) is 2. The van der Waals surface area contributed by atoms with Gasteiger partial charge in [-0.25, -0.2) is 13.2 Å². The Morgan fingerprint density at radius 3 is 2.54 bits per heavy atom. The minimum Gasteiger partial charge on any atom is -0.462 e. The van der Waals surface area contributed by atoms with Gasteiger partial charge in [0.25, 0.3) is 5.69 Å². The molecule has 0 saturated carbocycles. The number of carbonyl (C=O) groups excluding carboxylic acids is 2. The van der Waals surface area contributed by atoms with Gasteiger partial charge in [-0.3, -0.25) is 20.3 Å². The van der Waals surface area contributed by atoms with Gasteiger partial charge >= 0.3 is 5.97 Å². The lowest BCUT2D eigenvalue weighted by Gasteiger charge is -2.26. The van der Waals surface area contributed by atoms with E-state index in [2.05, 4.69) is 15.8 Å². The van der Waals surface area contributed by atoms with Gasteiger partial charge in [-0.15, -0.1) is 11.3 Å². The topological polar surface area (TPSA) is 170 Å². The van der Waals surface area contributed by atoms with Crippen molar-refractivity contribution in [2.75, 3.05) is 43.7 Å². The zero-order chi connectivity index (χ0) is 27.3. The molecule has 1 aliphatic heterocycles. The van der Waals surface area contributed by atoms with Crippen molar-refractivity contribution >= 4 is 55.3 Å². The van der Waals surface area contributed by atoms with Gasteiger partial charge in [-0.2, -0.15) is 9.41 Å². The molecule has 1 aliphatic rings. The van der Waals surface area contributed by atoms with E-state index < -0.39 is 26.6 Å². The van der Waals surface area contributed by atoms with Crippen LogP contribution in [0.4, 0.5) is 16.4 Å². The number of morpholine rings is 1. The summed E-state index contributed by atoms with van der Waals surface area (Å²) >= 11 is 1.11. The molecule has 0 radical (unpaired) electrons. The highest BCUT2D eigenvalue weighted by Crippen LogP contribution is 2.35. The predicted octanol–water partition coefficient (Wildman–Crippen LogP) is 2.96. The maximum atomic E-state index is 12.9. The van der Waals surface area contributed by atoms with Crippen molar-refractivity contribution in [2.24, 2.45) is 5.10 Å². The zero-order valence-corrected chi connectivity index (χ0v) is 22.3. The number of nitro groups is 1. The smallest absolute Gasteiger partial charge is 0.341 e. The van der Waals surface area contributed by atoms with Crippen LogP contribution in [0.3, 0.4) is 0 Å². The lowest BCUT2D eigenvalue weighted by molar-refractivity contribution is -0.384. The largest absolute Gasteiger partial charge is 0.462 e. The Bertz CT molecular complexity index is 1350. The first-order valence-corrected chi connectivity index (χ1v) is 13.5. The molecule has 37 heavy (non-hydrogen) atoms. The van der Waals surface area contributed by atoms with E-state index in [0.717, 1.165) is 17.4 Å². The third-order valence-corrected chi connectivity index (χ3v) is 8.57. The highest BCUT2D eigenvalue weighted by molar-refractivity contribution is 7.89. The summed E-state index contributed by atoms with van der Waals surface area (Å²) < 4.78 is 37.3. The Morgan fingerprint density at radius 2 is 1.95 bits per heavy atom. The zero-order valence-electron chi connectivity index (χ0n) is 20.7. The van der Waals surface area contributed by atoms with Crippen molar-refractivity contribution in [3.63, 3.8) is 0 Å². The van der Waals surface area contributed by atoms with Crippen molar-refractivity contribution in [1.82, 2.24) is 4.31 Å². The number of hydrogen-bond donors (Lipinski definition) is 2. The van der Waals surface area contributed by atoms with Crippen molar-refractivity contribution in [3.05, 3.63) is 44.3 Å². The average Bonchev–Trinajstić information content (AvgIpc) is 3.18. The molecule has 0 unspecified atom stereocenters.